The summed E-state index contributed by atoms with van der Waals surface area (Å²) < 4.78 is 2.52. The first-order valence-electron chi connectivity index (χ1n) is 12.2. The van der Waals surface area contributed by atoms with Crippen LogP contribution in [0.25, 0.3) is 70.9 Å². The average Bonchev–Trinajstić information content (AvgIpc) is 3.24. The van der Waals surface area contributed by atoms with Crippen LogP contribution in [0.4, 0.5) is 0 Å². The van der Waals surface area contributed by atoms with Crippen LogP contribution in [-0.2, 0) is 0 Å². The lowest BCUT2D eigenvalue weighted by molar-refractivity contribution is 1.31. The van der Waals surface area contributed by atoms with E-state index in [1.54, 1.807) is 0 Å². The van der Waals surface area contributed by atoms with Gasteiger partial charge in [0.1, 0.15) is 0 Å². The highest BCUT2D eigenvalue weighted by Crippen LogP contribution is 2.46. The molecule has 35 heavy (non-hydrogen) atoms. The zero-order valence-corrected chi connectivity index (χ0v) is 19.6. The van der Waals surface area contributed by atoms with Crippen molar-refractivity contribution in [2.75, 3.05) is 0 Å². The van der Waals surface area contributed by atoms with Gasteiger partial charge in [0, 0.05) is 27.7 Å². The second-order valence-corrected chi connectivity index (χ2v) is 9.69. The molecule has 0 bridgehead atoms. The number of nitrogens with zero attached hydrogens (tertiary/aromatic N) is 2. The van der Waals surface area contributed by atoms with E-state index in [-0.39, 0.29) is 0 Å². The monoisotopic (exact) mass is 446 g/mol. The molecule has 0 radical (unpaired) electrons. The van der Waals surface area contributed by atoms with Crippen molar-refractivity contribution in [1.29, 1.82) is 0 Å². The van der Waals surface area contributed by atoms with E-state index in [1.165, 1.54) is 76.5 Å². The summed E-state index contributed by atoms with van der Waals surface area (Å²) in [5.74, 6) is 0. The van der Waals surface area contributed by atoms with Gasteiger partial charge in [-0.1, -0.05) is 66.7 Å². The molecule has 0 spiro atoms. The number of benzene rings is 5. The summed E-state index contributed by atoms with van der Waals surface area (Å²) >= 11 is 0. The van der Waals surface area contributed by atoms with E-state index in [1.807, 2.05) is 6.20 Å². The van der Waals surface area contributed by atoms with Crippen molar-refractivity contribution < 1.29 is 0 Å². The number of hydrogen-bond donors (Lipinski definition) is 0. The van der Waals surface area contributed by atoms with Crippen molar-refractivity contribution in [2.24, 2.45) is 0 Å². The Labute approximate surface area is 202 Å². The van der Waals surface area contributed by atoms with E-state index in [4.69, 9.17) is 4.98 Å². The maximum absolute atomic E-state index is 4.99. The van der Waals surface area contributed by atoms with Crippen molar-refractivity contribution in [3.05, 3.63) is 108 Å². The number of para-hydroxylation sites is 1. The molecule has 0 atom stereocenters. The van der Waals surface area contributed by atoms with E-state index in [2.05, 4.69) is 109 Å². The fourth-order valence-corrected chi connectivity index (χ4v) is 6.44. The Bertz CT molecular complexity index is 2110. The summed E-state index contributed by atoms with van der Waals surface area (Å²) in [5, 5.41) is 8.91. The highest BCUT2D eigenvalue weighted by Gasteiger charge is 2.23. The van der Waals surface area contributed by atoms with E-state index in [0.717, 1.165) is 5.52 Å². The van der Waals surface area contributed by atoms with E-state index >= 15 is 0 Å². The molecule has 0 saturated carbocycles. The quantitative estimate of drug-likeness (QED) is 0.182. The molecule has 0 fully saturated rings. The SMILES string of the molecule is Cc1cccc2cc3c4nccc5cc(-c6ccccc6)c6c7ccccc7n(c3c(C)c12)c6c54. The normalized spacial score (nSPS) is 12.3. The van der Waals surface area contributed by atoms with Crippen LogP contribution in [0.3, 0.4) is 0 Å². The van der Waals surface area contributed by atoms with Gasteiger partial charge in [-0.25, -0.2) is 0 Å². The van der Waals surface area contributed by atoms with Crippen molar-refractivity contribution in [1.82, 2.24) is 9.38 Å². The Balaban J connectivity index is 1.78. The topological polar surface area (TPSA) is 17.3 Å². The number of aryl methyl sites for hydroxylation is 2. The van der Waals surface area contributed by atoms with E-state index in [0.29, 0.717) is 0 Å². The minimum atomic E-state index is 1.09. The Morgan fingerprint density at radius 3 is 2.31 bits per heavy atom. The predicted octanol–water partition coefficient (Wildman–Crippen LogP) is 8.82. The van der Waals surface area contributed by atoms with Gasteiger partial charge in [-0.05, 0) is 76.5 Å². The lowest BCUT2D eigenvalue weighted by Crippen LogP contribution is -1.98. The average molecular weight is 447 g/mol. The third-order valence-electron chi connectivity index (χ3n) is 7.82. The summed E-state index contributed by atoms with van der Waals surface area (Å²) in [7, 11) is 0. The lowest BCUT2D eigenvalue weighted by Gasteiger charge is -2.17. The first kappa shape index (κ1) is 18.9. The van der Waals surface area contributed by atoms with Crippen LogP contribution in [0.2, 0.25) is 0 Å². The minimum Gasteiger partial charge on any atom is -0.308 e. The molecule has 3 heterocycles. The van der Waals surface area contributed by atoms with Gasteiger partial charge in [0.25, 0.3) is 0 Å². The predicted molar refractivity (Wildman–Crippen MR) is 149 cm³/mol. The van der Waals surface area contributed by atoms with Crippen molar-refractivity contribution in [2.45, 2.75) is 13.8 Å². The smallest absolute Gasteiger partial charge is 0.0823 e. The van der Waals surface area contributed by atoms with Crippen LogP contribution in [0.15, 0.2) is 97.2 Å². The number of hydrogen-bond acceptors (Lipinski definition) is 1. The molecular weight excluding hydrogens is 424 g/mol. The maximum Gasteiger partial charge on any atom is 0.0823 e. The van der Waals surface area contributed by atoms with Crippen LogP contribution in [-0.4, -0.2) is 9.38 Å². The number of aromatic nitrogens is 2. The first-order valence-corrected chi connectivity index (χ1v) is 12.2. The van der Waals surface area contributed by atoms with Gasteiger partial charge >= 0.3 is 0 Å². The molecule has 2 nitrogen and oxygen atoms in total. The number of pyridine rings is 2. The largest absolute Gasteiger partial charge is 0.308 e. The van der Waals surface area contributed by atoms with Crippen LogP contribution < -0.4 is 0 Å². The molecule has 0 amide bonds. The van der Waals surface area contributed by atoms with Crippen LogP contribution >= 0.6 is 0 Å². The van der Waals surface area contributed by atoms with Gasteiger partial charge in [0.05, 0.1) is 22.1 Å². The zero-order chi connectivity index (χ0) is 23.3. The van der Waals surface area contributed by atoms with Crippen molar-refractivity contribution in [3.8, 4) is 11.1 Å². The van der Waals surface area contributed by atoms with Gasteiger partial charge < -0.3 is 4.40 Å². The fraction of sp³-hybridized carbons (Fsp3) is 0.0606. The summed E-state index contributed by atoms with van der Waals surface area (Å²) in [6.07, 6.45) is 1.97. The maximum atomic E-state index is 4.99. The summed E-state index contributed by atoms with van der Waals surface area (Å²) in [4.78, 5) is 4.99. The van der Waals surface area contributed by atoms with Crippen molar-refractivity contribution in [3.63, 3.8) is 0 Å². The highest BCUT2D eigenvalue weighted by atomic mass is 14.9. The molecule has 8 aromatic rings. The molecule has 3 aromatic heterocycles. The third kappa shape index (κ3) is 2.31. The minimum absolute atomic E-state index is 1.09. The van der Waals surface area contributed by atoms with Gasteiger partial charge in [-0.3, -0.25) is 4.98 Å². The lowest BCUT2D eigenvalue weighted by atomic mass is 9.92. The fourth-order valence-electron chi connectivity index (χ4n) is 6.44. The molecule has 0 aliphatic rings. The summed E-state index contributed by atoms with van der Waals surface area (Å²) in [6, 6.07) is 33.1. The number of fused-ring (bicyclic) bond motifs is 7. The second kappa shape index (κ2) is 6.58. The summed E-state index contributed by atoms with van der Waals surface area (Å²) in [6.45, 7) is 4.50. The third-order valence-corrected chi connectivity index (χ3v) is 7.82. The zero-order valence-electron chi connectivity index (χ0n) is 19.6. The van der Waals surface area contributed by atoms with Crippen LogP contribution in [0, 0.1) is 13.8 Å². The molecule has 164 valence electrons. The summed E-state index contributed by atoms with van der Waals surface area (Å²) in [5.41, 5.74) is 10.0. The molecule has 0 N–H and O–H groups in total. The van der Waals surface area contributed by atoms with Gasteiger partial charge in [0.15, 0.2) is 0 Å². The molecular formula is C33H22N2. The van der Waals surface area contributed by atoms with E-state index in [9.17, 15) is 0 Å². The molecule has 0 aliphatic carbocycles. The molecule has 0 unspecified atom stereocenters. The van der Waals surface area contributed by atoms with Crippen LogP contribution in [0.5, 0.6) is 0 Å². The van der Waals surface area contributed by atoms with E-state index < -0.39 is 0 Å². The second-order valence-electron chi connectivity index (χ2n) is 9.69. The standard InChI is InChI=1S/C33H22N2/c1-19-9-8-12-22-18-26-31-29-23(15-16-34-31)17-25(21-10-4-3-5-11-21)30-24-13-6-7-14-27(24)35(33(29)30)32(26)20(2)28(19)22/h3-18H,1-2H3. The molecule has 2 heteroatoms. The Morgan fingerprint density at radius 2 is 1.43 bits per heavy atom. The molecule has 5 aromatic carbocycles. The van der Waals surface area contributed by atoms with Gasteiger partial charge in [0.2, 0.25) is 0 Å². The van der Waals surface area contributed by atoms with Crippen molar-refractivity contribution >= 4 is 59.8 Å². The Hall–Kier alpha value is -4.43. The number of rotatable bonds is 1. The molecule has 0 aliphatic heterocycles. The highest BCUT2D eigenvalue weighted by molar-refractivity contribution is 6.31. The molecule has 0 saturated heterocycles. The van der Waals surface area contributed by atoms with Gasteiger partial charge in [-0.2, -0.15) is 0 Å². The Kier molecular flexibility index (Phi) is 3.56. The molecule has 8 rings (SSSR count). The van der Waals surface area contributed by atoms with Gasteiger partial charge in [-0.15, -0.1) is 0 Å². The van der Waals surface area contributed by atoms with Crippen LogP contribution in [0.1, 0.15) is 11.1 Å². The first-order chi connectivity index (χ1) is 17.2. The Morgan fingerprint density at radius 1 is 0.629 bits per heavy atom.